The van der Waals surface area contributed by atoms with Gasteiger partial charge in [-0.15, -0.1) is 0 Å². The molecular formula is C17H20BrFN2. The molecular weight excluding hydrogens is 331 g/mol. The molecule has 21 heavy (non-hydrogen) atoms. The van der Waals surface area contributed by atoms with Crippen molar-refractivity contribution in [3.05, 3.63) is 63.9 Å². The lowest BCUT2D eigenvalue weighted by molar-refractivity contribution is 0.611. The predicted octanol–water partition coefficient (Wildman–Crippen LogP) is 4.12. The van der Waals surface area contributed by atoms with Crippen LogP contribution in [-0.4, -0.2) is 13.6 Å². The molecule has 2 N–H and O–H groups in total. The van der Waals surface area contributed by atoms with Gasteiger partial charge in [0.15, 0.2) is 5.82 Å². The van der Waals surface area contributed by atoms with Crippen LogP contribution in [0.2, 0.25) is 0 Å². The van der Waals surface area contributed by atoms with Crippen molar-refractivity contribution in [3.8, 4) is 0 Å². The number of hydrogen-bond acceptors (Lipinski definition) is 2. The largest absolute Gasteiger partial charge is 0.372 e. The lowest BCUT2D eigenvalue weighted by Crippen LogP contribution is -2.20. The summed E-state index contributed by atoms with van der Waals surface area (Å²) in [5.74, 6) is -0.236. The summed E-state index contributed by atoms with van der Waals surface area (Å²) in [5, 5.41) is 0. The summed E-state index contributed by atoms with van der Waals surface area (Å²) in [7, 11) is 1.91. The molecule has 2 aromatic carbocycles. The van der Waals surface area contributed by atoms with E-state index in [0.29, 0.717) is 16.7 Å². The van der Waals surface area contributed by atoms with E-state index in [-0.39, 0.29) is 5.82 Å². The second-order valence-electron chi connectivity index (χ2n) is 5.09. The first-order valence-electron chi connectivity index (χ1n) is 7.05. The monoisotopic (exact) mass is 350 g/mol. The zero-order valence-electron chi connectivity index (χ0n) is 12.2. The van der Waals surface area contributed by atoms with Crippen molar-refractivity contribution in [1.29, 1.82) is 0 Å². The molecule has 0 aliphatic heterocycles. The highest BCUT2D eigenvalue weighted by Crippen LogP contribution is 2.28. The van der Waals surface area contributed by atoms with Crippen molar-refractivity contribution in [2.24, 2.45) is 5.73 Å². The van der Waals surface area contributed by atoms with E-state index in [1.165, 1.54) is 5.56 Å². The van der Waals surface area contributed by atoms with Crippen LogP contribution in [0.4, 0.5) is 10.1 Å². The van der Waals surface area contributed by atoms with Crippen LogP contribution in [0.15, 0.2) is 46.9 Å². The van der Waals surface area contributed by atoms with Gasteiger partial charge in [0.25, 0.3) is 0 Å². The van der Waals surface area contributed by atoms with Gasteiger partial charge in [-0.2, -0.15) is 0 Å². The second-order valence-corrected chi connectivity index (χ2v) is 5.88. The minimum Gasteiger partial charge on any atom is -0.372 e. The average molecular weight is 351 g/mol. The van der Waals surface area contributed by atoms with Crippen molar-refractivity contribution in [2.45, 2.75) is 19.4 Å². The molecule has 2 rings (SSSR count). The van der Waals surface area contributed by atoms with E-state index in [0.717, 1.165) is 24.9 Å². The van der Waals surface area contributed by atoms with Crippen LogP contribution in [0, 0.1) is 5.82 Å². The van der Waals surface area contributed by atoms with E-state index in [4.69, 9.17) is 5.73 Å². The molecule has 0 saturated heterocycles. The number of nitrogens with two attached hydrogens (primary N) is 1. The van der Waals surface area contributed by atoms with Crippen LogP contribution >= 0.6 is 15.9 Å². The van der Waals surface area contributed by atoms with E-state index in [1.807, 2.05) is 36.2 Å². The maximum atomic E-state index is 14.3. The zero-order valence-corrected chi connectivity index (χ0v) is 13.7. The highest BCUT2D eigenvalue weighted by Gasteiger charge is 2.13. The number of nitrogens with zero attached hydrogens (tertiary/aromatic N) is 1. The Balaban J connectivity index is 1.97. The number of halogens is 2. The molecule has 0 fully saturated rings. The number of anilines is 1. The van der Waals surface area contributed by atoms with Gasteiger partial charge in [0.2, 0.25) is 0 Å². The highest BCUT2D eigenvalue weighted by molar-refractivity contribution is 9.10. The molecule has 0 spiro atoms. The topological polar surface area (TPSA) is 29.3 Å². The molecule has 0 aliphatic rings. The molecule has 112 valence electrons. The van der Waals surface area contributed by atoms with Gasteiger partial charge in [0.05, 0.1) is 10.2 Å². The molecule has 0 heterocycles. The van der Waals surface area contributed by atoms with Crippen LogP contribution in [0.25, 0.3) is 0 Å². The third-order valence-electron chi connectivity index (χ3n) is 3.57. The van der Waals surface area contributed by atoms with Crippen LogP contribution in [0.5, 0.6) is 0 Å². The quantitative estimate of drug-likeness (QED) is 0.849. The average Bonchev–Trinajstić information content (AvgIpc) is 2.51. The summed E-state index contributed by atoms with van der Waals surface area (Å²) >= 11 is 3.28. The molecule has 0 aromatic heterocycles. The Labute approximate surface area is 133 Å². The summed E-state index contributed by atoms with van der Waals surface area (Å²) in [4.78, 5) is 1.95. The number of rotatable bonds is 6. The molecule has 0 radical (unpaired) electrons. The van der Waals surface area contributed by atoms with Gasteiger partial charge in [-0.1, -0.05) is 36.4 Å². The van der Waals surface area contributed by atoms with E-state index < -0.39 is 0 Å². The number of hydrogen-bond donors (Lipinski definition) is 1. The fourth-order valence-corrected chi connectivity index (χ4v) is 2.81. The maximum Gasteiger partial charge on any atom is 0.160 e. The third kappa shape index (κ3) is 4.05. The summed E-state index contributed by atoms with van der Waals surface area (Å²) in [6.45, 7) is 1.13. The Hall–Kier alpha value is -1.39. The Bertz CT molecular complexity index is 587. The molecule has 0 bridgehead atoms. The summed E-state index contributed by atoms with van der Waals surface area (Å²) in [6, 6.07) is 14.0. The fourth-order valence-electron chi connectivity index (χ4n) is 2.32. The molecule has 2 aromatic rings. The van der Waals surface area contributed by atoms with Gasteiger partial charge < -0.3 is 10.6 Å². The second kappa shape index (κ2) is 7.57. The normalized spacial score (nSPS) is 10.7. The lowest BCUT2D eigenvalue weighted by Gasteiger charge is -2.21. The molecule has 0 unspecified atom stereocenters. The van der Waals surface area contributed by atoms with Crippen molar-refractivity contribution in [1.82, 2.24) is 0 Å². The van der Waals surface area contributed by atoms with Gasteiger partial charge >= 0.3 is 0 Å². The first kappa shape index (κ1) is 16.0. The van der Waals surface area contributed by atoms with E-state index in [9.17, 15) is 4.39 Å². The standard InChI is InChI=1S/C17H20BrFN2/c1-21(11-5-8-13-6-3-2-4-7-13)15-10-9-14(12-20)16(18)17(15)19/h2-4,6-7,9-10H,5,8,11-12,20H2,1H3. The van der Waals surface area contributed by atoms with Crippen molar-refractivity contribution in [3.63, 3.8) is 0 Å². The van der Waals surface area contributed by atoms with E-state index >= 15 is 0 Å². The Morgan fingerprint density at radius 2 is 1.86 bits per heavy atom. The van der Waals surface area contributed by atoms with Gasteiger partial charge in [-0.05, 0) is 46.0 Å². The van der Waals surface area contributed by atoms with E-state index in [2.05, 4.69) is 28.1 Å². The van der Waals surface area contributed by atoms with E-state index in [1.54, 1.807) is 6.07 Å². The van der Waals surface area contributed by atoms with Crippen LogP contribution < -0.4 is 10.6 Å². The number of aryl methyl sites for hydroxylation is 1. The van der Waals surface area contributed by atoms with Crippen LogP contribution in [0.3, 0.4) is 0 Å². The van der Waals surface area contributed by atoms with Gasteiger partial charge in [-0.25, -0.2) is 4.39 Å². The first-order valence-corrected chi connectivity index (χ1v) is 7.84. The minimum atomic E-state index is -0.236. The molecule has 0 atom stereocenters. The highest BCUT2D eigenvalue weighted by atomic mass is 79.9. The Morgan fingerprint density at radius 1 is 1.14 bits per heavy atom. The third-order valence-corrected chi connectivity index (χ3v) is 4.43. The summed E-state index contributed by atoms with van der Waals surface area (Å²) in [6.07, 6.45) is 1.98. The Kier molecular flexibility index (Phi) is 5.76. The lowest BCUT2D eigenvalue weighted by atomic mass is 10.1. The molecule has 4 heteroatoms. The summed E-state index contributed by atoms with van der Waals surface area (Å²) < 4.78 is 14.8. The van der Waals surface area contributed by atoms with Crippen molar-refractivity contribution < 1.29 is 4.39 Å². The zero-order chi connectivity index (χ0) is 15.2. The van der Waals surface area contributed by atoms with Crippen molar-refractivity contribution in [2.75, 3.05) is 18.5 Å². The fraction of sp³-hybridized carbons (Fsp3) is 0.294. The smallest absolute Gasteiger partial charge is 0.160 e. The minimum absolute atomic E-state index is 0.236. The molecule has 0 saturated carbocycles. The number of benzene rings is 2. The van der Waals surface area contributed by atoms with Crippen LogP contribution in [0.1, 0.15) is 17.5 Å². The van der Waals surface area contributed by atoms with Gasteiger partial charge in [0.1, 0.15) is 0 Å². The summed E-state index contributed by atoms with van der Waals surface area (Å²) in [5.41, 5.74) is 8.28. The first-order chi connectivity index (χ1) is 10.1. The maximum absolute atomic E-state index is 14.3. The molecule has 2 nitrogen and oxygen atoms in total. The van der Waals surface area contributed by atoms with Crippen LogP contribution in [-0.2, 0) is 13.0 Å². The predicted molar refractivity (Wildman–Crippen MR) is 90.0 cm³/mol. The molecule has 0 aliphatic carbocycles. The SMILES string of the molecule is CN(CCCc1ccccc1)c1ccc(CN)c(Br)c1F. The van der Waals surface area contributed by atoms with Gasteiger partial charge in [0, 0.05) is 20.1 Å². The van der Waals surface area contributed by atoms with Gasteiger partial charge in [-0.3, -0.25) is 0 Å². The molecule has 0 amide bonds. The van der Waals surface area contributed by atoms with Crippen molar-refractivity contribution >= 4 is 21.6 Å². The Morgan fingerprint density at radius 3 is 2.52 bits per heavy atom.